The summed E-state index contributed by atoms with van der Waals surface area (Å²) < 4.78 is 34.8. The maximum atomic E-state index is 13.5. The minimum Gasteiger partial charge on any atom is -0.380 e. The molecular weight excluding hydrogens is 329 g/mol. The van der Waals surface area contributed by atoms with Crippen molar-refractivity contribution in [2.24, 2.45) is 5.73 Å². The smallest absolute Gasteiger partial charge is 0.345 e. The van der Waals surface area contributed by atoms with Gasteiger partial charge in [0.2, 0.25) is 0 Å². The summed E-state index contributed by atoms with van der Waals surface area (Å²) in [6.07, 6.45) is -0.196. The predicted octanol–water partition coefficient (Wildman–Crippen LogP) is -2.42. The molecule has 0 radical (unpaired) electrons. The molecular formula is C13H31B2N4O4P. The van der Waals surface area contributed by atoms with Crippen LogP contribution >= 0.6 is 7.67 Å². The van der Waals surface area contributed by atoms with Gasteiger partial charge in [0.05, 0.1) is 18.8 Å². The van der Waals surface area contributed by atoms with Gasteiger partial charge in [0.15, 0.2) is 0 Å². The van der Waals surface area contributed by atoms with Gasteiger partial charge in [-0.05, 0) is 21.1 Å². The van der Waals surface area contributed by atoms with E-state index in [1.165, 1.54) is 0 Å². The lowest BCUT2D eigenvalue weighted by Gasteiger charge is -2.42. The van der Waals surface area contributed by atoms with Crippen LogP contribution in [-0.4, -0.2) is 115 Å². The molecule has 2 N–H and O–H groups in total. The van der Waals surface area contributed by atoms with E-state index in [2.05, 4.69) is 11.9 Å². The third-order valence-corrected chi connectivity index (χ3v) is 6.91. The summed E-state index contributed by atoms with van der Waals surface area (Å²) in [6.45, 7) is 3.47. The Morgan fingerprint density at radius 3 is 2.38 bits per heavy atom. The second-order valence-corrected chi connectivity index (χ2v) is 9.70. The fourth-order valence-electron chi connectivity index (χ4n) is 3.36. The predicted molar refractivity (Wildman–Crippen MR) is 99.8 cm³/mol. The summed E-state index contributed by atoms with van der Waals surface area (Å²) in [5, 5.41) is 0. The van der Waals surface area contributed by atoms with Crippen molar-refractivity contribution in [3.8, 4) is 0 Å². The van der Waals surface area contributed by atoms with E-state index in [4.69, 9.17) is 19.7 Å². The first-order valence-corrected chi connectivity index (χ1v) is 10.1. The van der Waals surface area contributed by atoms with E-state index in [-0.39, 0.29) is 24.2 Å². The fourth-order valence-corrected chi connectivity index (χ4v) is 5.44. The Hall–Kier alpha value is 0.0799. The third-order valence-electron chi connectivity index (χ3n) is 4.37. The lowest BCUT2D eigenvalue weighted by atomic mass is 9.98. The van der Waals surface area contributed by atoms with Crippen LogP contribution in [0.1, 0.15) is 0 Å². The van der Waals surface area contributed by atoms with E-state index >= 15 is 0 Å². The van der Waals surface area contributed by atoms with E-state index in [9.17, 15) is 4.57 Å². The molecule has 2 aliphatic rings. The highest BCUT2D eigenvalue weighted by Crippen LogP contribution is 2.53. The van der Waals surface area contributed by atoms with Gasteiger partial charge in [-0.25, -0.2) is 9.34 Å². The van der Waals surface area contributed by atoms with Crippen molar-refractivity contribution in [1.29, 1.82) is 0 Å². The van der Waals surface area contributed by atoms with Gasteiger partial charge in [-0.1, -0.05) is 0 Å². The molecule has 138 valence electrons. The first-order valence-electron chi connectivity index (χ1n) is 8.62. The standard InChI is InChI=1S/C13H31B2N4O4P/c1-17(2)24(20,19-6-10(4-16)22-13(15)8-19)21-9-11-5-18(3)7-12(14)23-11/h10-13H,4-9,14-16H2,1-3H3/t10?,11?,12-,13?,24?/m1/s1. The zero-order chi connectivity index (χ0) is 17.9. The molecule has 11 heteroatoms. The van der Waals surface area contributed by atoms with Crippen LogP contribution in [0.4, 0.5) is 0 Å². The molecule has 0 spiro atoms. The van der Waals surface area contributed by atoms with Crippen molar-refractivity contribution < 1.29 is 18.6 Å². The number of ether oxygens (including phenoxy) is 2. The van der Waals surface area contributed by atoms with Crippen molar-refractivity contribution >= 4 is 23.4 Å². The van der Waals surface area contributed by atoms with Gasteiger partial charge in [0.25, 0.3) is 0 Å². The highest BCUT2D eigenvalue weighted by atomic mass is 31.2. The molecule has 2 rings (SSSR count). The Labute approximate surface area is 147 Å². The van der Waals surface area contributed by atoms with Crippen molar-refractivity contribution in [3.05, 3.63) is 0 Å². The maximum Gasteiger partial charge on any atom is 0.345 e. The van der Waals surface area contributed by atoms with Gasteiger partial charge in [-0.15, -0.1) is 0 Å². The van der Waals surface area contributed by atoms with Crippen LogP contribution in [0.3, 0.4) is 0 Å². The van der Waals surface area contributed by atoms with Crippen LogP contribution in [0.5, 0.6) is 0 Å². The number of morpholine rings is 2. The molecule has 0 aromatic carbocycles. The first-order chi connectivity index (χ1) is 11.2. The van der Waals surface area contributed by atoms with E-state index in [0.29, 0.717) is 26.2 Å². The van der Waals surface area contributed by atoms with Crippen molar-refractivity contribution in [3.63, 3.8) is 0 Å². The highest BCUT2D eigenvalue weighted by Gasteiger charge is 2.40. The summed E-state index contributed by atoms with van der Waals surface area (Å²) in [7, 11) is 6.52. The molecule has 2 aliphatic heterocycles. The summed E-state index contributed by atoms with van der Waals surface area (Å²) >= 11 is 0. The SMILES string of the molecule is BC1CN(P(=O)(OCC2CN(C)C[C@H](B)O2)N(C)C)CC(CN)O1. The molecule has 24 heavy (non-hydrogen) atoms. The molecule has 4 unspecified atom stereocenters. The number of likely N-dealkylation sites (N-methyl/N-ethyl adjacent to an activating group) is 1. The number of nitrogens with zero attached hydrogens (tertiary/aromatic N) is 3. The van der Waals surface area contributed by atoms with Gasteiger partial charge in [-0.3, -0.25) is 4.57 Å². The van der Waals surface area contributed by atoms with Gasteiger partial charge >= 0.3 is 7.67 Å². The number of rotatable bonds is 6. The Morgan fingerprint density at radius 2 is 1.79 bits per heavy atom. The van der Waals surface area contributed by atoms with E-state index in [0.717, 1.165) is 13.1 Å². The Balaban J connectivity index is 2.03. The number of hydrogen-bond acceptors (Lipinski definition) is 6. The normalized spacial score (nSPS) is 35.9. The van der Waals surface area contributed by atoms with Gasteiger partial charge < -0.3 is 24.6 Å². The van der Waals surface area contributed by atoms with Crippen LogP contribution in [0.25, 0.3) is 0 Å². The minimum absolute atomic E-state index is 0.0266. The van der Waals surface area contributed by atoms with Gasteiger partial charge in [0, 0.05) is 44.7 Å². The molecule has 2 saturated heterocycles. The molecule has 0 saturated carbocycles. The zero-order valence-corrected chi connectivity index (χ0v) is 16.4. The first kappa shape index (κ1) is 20.4. The monoisotopic (exact) mass is 360 g/mol. The van der Waals surface area contributed by atoms with E-state index < -0.39 is 7.67 Å². The topological polar surface area (TPSA) is 80.5 Å². The van der Waals surface area contributed by atoms with Crippen LogP contribution in [-0.2, 0) is 18.6 Å². The van der Waals surface area contributed by atoms with Crippen LogP contribution in [0.2, 0.25) is 0 Å². The average Bonchev–Trinajstić information content (AvgIpc) is 2.50. The van der Waals surface area contributed by atoms with Crippen molar-refractivity contribution in [2.75, 3.05) is 60.5 Å². The molecule has 5 atom stereocenters. The van der Waals surface area contributed by atoms with Crippen LogP contribution in [0.15, 0.2) is 0 Å². The summed E-state index contributed by atoms with van der Waals surface area (Å²) in [6, 6.07) is 0.127. The highest BCUT2D eigenvalue weighted by molar-refractivity contribution is 7.53. The molecule has 0 bridgehead atoms. The summed E-state index contributed by atoms with van der Waals surface area (Å²) in [5.41, 5.74) is 5.75. The third kappa shape index (κ3) is 5.05. The number of nitrogens with two attached hydrogens (primary N) is 1. The van der Waals surface area contributed by atoms with Crippen LogP contribution in [0, 0.1) is 0 Å². The van der Waals surface area contributed by atoms with Crippen molar-refractivity contribution in [1.82, 2.24) is 14.2 Å². The molecule has 0 aliphatic carbocycles. The summed E-state index contributed by atoms with van der Waals surface area (Å²) in [4.78, 5) is 2.21. The minimum atomic E-state index is -3.13. The lowest BCUT2D eigenvalue weighted by Crippen LogP contribution is -2.51. The quantitative estimate of drug-likeness (QED) is 0.414. The number of hydrogen-bond donors (Lipinski definition) is 1. The zero-order valence-electron chi connectivity index (χ0n) is 15.6. The molecule has 0 aromatic heterocycles. The second-order valence-electron chi connectivity index (χ2n) is 7.10. The molecule has 0 amide bonds. The second kappa shape index (κ2) is 8.64. The molecule has 0 aromatic rings. The largest absolute Gasteiger partial charge is 0.380 e. The average molecular weight is 360 g/mol. The maximum absolute atomic E-state index is 13.5. The summed E-state index contributed by atoms with van der Waals surface area (Å²) in [5.74, 6) is 0. The van der Waals surface area contributed by atoms with E-state index in [1.807, 2.05) is 20.4 Å². The van der Waals surface area contributed by atoms with Gasteiger partial charge in [-0.2, -0.15) is 0 Å². The fraction of sp³-hybridized carbons (Fsp3) is 1.00. The van der Waals surface area contributed by atoms with E-state index in [1.54, 1.807) is 18.8 Å². The molecule has 8 nitrogen and oxygen atoms in total. The van der Waals surface area contributed by atoms with Crippen molar-refractivity contribution in [2.45, 2.75) is 24.2 Å². The molecule has 2 fully saturated rings. The van der Waals surface area contributed by atoms with Crippen LogP contribution < -0.4 is 5.73 Å². The molecule has 2 heterocycles. The Morgan fingerprint density at radius 1 is 1.17 bits per heavy atom. The van der Waals surface area contributed by atoms with Gasteiger partial charge in [0.1, 0.15) is 15.7 Å². The Bertz CT molecular complexity index is 452. The lowest BCUT2D eigenvalue weighted by molar-refractivity contribution is -0.0646. The Kier molecular flexibility index (Phi) is 7.34.